The second kappa shape index (κ2) is 6.32. The first-order valence-corrected chi connectivity index (χ1v) is 7.71. The number of nitrogens with one attached hydrogen (secondary N) is 1. The van der Waals surface area contributed by atoms with E-state index < -0.39 is 28.3 Å². The van der Waals surface area contributed by atoms with E-state index in [0.29, 0.717) is 0 Å². The van der Waals surface area contributed by atoms with Gasteiger partial charge in [-0.2, -0.15) is 0 Å². The molecule has 0 fully saturated rings. The average Bonchev–Trinajstić information content (AvgIpc) is 2.41. The lowest BCUT2D eigenvalue weighted by atomic mass is 10.2. The van der Waals surface area contributed by atoms with Gasteiger partial charge in [0.1, 0.15) is 11.6 Å². The van der Waals surface area contributed by atoms with Gasteiger partial charge in [-0.15, -0.1) is 0 Å². The molecule has 0 aromatic heterocycles. The third kappa shape index (κ3) is 3.65. The summed E-state index contributed by atoms with van der Waals surface area (Å²) >= 11 is 5.59. The summed E-state index contributed by atoms with van der Waals surface area (Å²) in [7, 11) is -1.45. The predicted molar refractivity (Wildman–Crippen MR) is 78.1 cm³/mol. The summed E-state index contributed by atoms with van der Waals surface area (Å²) in [5, 5.41) is 2.28. The van der Waals surface area contributed by atoms with E-state index >= 15 is 0 Å². The number of halogens is 3. The predicted octanol–water partition coefficient (Wildman–Crippen LogP) is 3.61. The minimum Gasteiger partial charge on any atom is -0.322 e. The second-order valence-corrected chi connectivity index (χ2v) is 5.94. The van der Waals surface area contributed by atoms with Crippen molar-refractivity contribution in [3.8, 4) is 0 Å². The van der Waals surface area contributed by atoms with Gasteiger partial charge < -0.3 is 5.32 Å². The molecule has 21 heavy (non-hydrogen) atoms. The van der Waals surface area contributed by atoms with Gasteiger partial charge in [-0.05, 0) is 36.4 Å². The fourth-order valence-corrected chi connectivity index (χ4v) is 2.43. The molecule has 0 aliphatic rings. The van der Waals surface area contributed by atoms with Crippen LogP contribution in [-0.2, 0) is 10.8 Å². The van der Waals surface area contributed by atoms with Crippen molar-refractivity contribution in [2.75, 3.05) is 11.6 Å². The van der Waals surface area contributed by atoms with E-state index in [9.17, 15) is 17.8 Å². The SMILES string of the molecule is CS(=O)c1ccc(NC(=O)c2ccc(F)c(Cl)c2)cc1F. The summed E-state index contributed by atoms with van der Waals surface area (Å²) in [6.45, 7) is 0. The third-order valence-electron chi connectivity index (χ3n) is 2.68. The normalized spacial score (nSPS) is 12.0. The van der Waals surface area contributed by atoms with Crippen molar-refractivity contribution in [2.24, 2.45) is 0 Å². The monoisotopic (exact) mass is 329 g/mol. The minimum atomic E-state index is -1.45. The Hall–Kier alpha value is -1.79. The Bertz CT molecular complexity index is 737. The van der Waals surface area contributed by atoms with Crippen LogP contribution in [-0.4, -0.2) is 16.4 Å². The standard InChI is InChI=1S/C14H10ClF2NO2S/c1-21(20)13-5-3-9(7-12(13)17)18-14(19)8-2-4-11(16)10(15)6-8/h2-7H,1H3,(H,18,19). The van der Waals surface area contributed by atoms with E-state index in [2.05, 4.69) is 5.32 Å². The van der Waals surface area contributed by atoms with Crippen LogP contribution in [0.3, 0.4) is 0 Å². The van der Waals surface area contributed by atoms with Gasteiger partial charge in [-0.3, -0.25) is 9.00 Å². The van der Waals surface area contributed by atoms with Crippen LogP contribution in [0.5, 0.6) is 0 Å². The van der Waals surface area contributed by atoms with Crippen LogP contribution >= 0.6 is 11.6 Å². The van der Waals surface area contributed by atoms with E-state index in [-0.39, 0.29) is 21.2 Å². The first-order valence-electron chi connectivity index (χ1n) is 5.78. The molecule has 0 aliphatic heterocycles. The Morgan fingerprint density at radius 1 is 1.14 bits per heavy atom. The average molecular weight is 330 g/mol. The molecule has 0 aliphatic carbocycles. The number of amides is 1. The number of carbonyl (C=O) groups is 1. The summed E-state index contributed by atoms with van der Waals surface area (Å²) in [5.41, 5.74) is 0.345. The molecule has 0 bridgehead atoms. The van der Waals surface area contributed by atoms with Crippen LogP contribution in [0, 0.1) is 11.6 Å². The molecule has 0 heterocycles. The van der Waals surface area contributed by atoms with Gasteiger partial charge in [0.2, 0.25) is 0 Å². The van der Waals surface area contributed by atoms with Crippen molar-refractivity contribution in [3.05, 3.63) is 58.6 Å². The lowest BCUT2D eigenvalue weighted by Gasteiger charge is -2.07. The van der Waals surface area contributed by atoms with Gasteiger partial charge in [0.25, 0.3) is 5.91 Å². The van der Waals surface area contributed by atoms with Gasteiger partial charge in [-0.25, -0.2) is 8.78 Å². The lowest BCUT2D eigenvalue weighted by molar-refractivity contribution is 0.102. The Balaban J connectivity index is 2.21. The van der Waals surface area contributed by atoms with Crippen LogP contribution in [0.15, 0.2) is 41.3 Å². The van der Waals surface area contributed by atoms with Gasteiger partial charge in [0.05, 0.1) is 20.7 Å². The van der Waals surface area contributed by atoms with E-state index in [1.54, 1.807) is 0 Å². The van der Waals surface area contributed by atoms with Crippen LogP contribution < -0.4 is 5.32 Å². The van der Waals surface area contributed by atoms with Crippen LogP contribution in [0.25, 0.3) is 0 Å². The highest BCUT2D eigenvalue weighted by Gasteiger charge is 2.11. The molecule has 7 heteroatoms. The van der Waals surface area contributed by atoms with Crippen molar-refractivity contribution in [1.29, 1.82) is 0 Å². The molecular formula is C14H10ClF2NO2S. The zero-order chi connectivity index (χ0) is 15.6. The number of hydrogen-bond donors (Lipinski definition) is 1. The maximum atomic E-state index is 13.7. The summed E-state index contributed by atoms with van der Waals surface area (Å²) in [6.07, 6.45) is 1.36. The highest BCUT2D eigenvalue weighted by atomic mass is 35.5. The Labute approximate surface area is 127 Å². The fourth-order valence-electron chi connectivity index (χ4n) is 1.65. The number of rotatable bonds is 3. The largest absolute Gasteiger partial charge is 0.322 e. The highest BCUT2D eigenvalue weighted by molar-refractivity contribution is 7.84. The van der Waals surface area contributed by atoms with Crippen LogP contribution in [0.1, 0.15) is 10.4 Å². The maximum Gasteiger partial charge on any atom is 0.255 e. The van der Waals surface area contributed by atoms with Gasteiger partial charge in [-0.1, -0.05) is 11.6 Å². The zero-order valence-electron chi connectivity index (χ0n) is 10.8. The van der Waals surface area contributed by atoms with Crippen molar-refractivity contribution >= 4 is 34.0 Å². The molecule has 0 radical (unpaired) electrons. The molecule has 3 nitrogen and oxygen atoms in total. The van der Waals surface area contributed by atoms with Crippen molar-refractivity contribution in [1.82, 2.24) is 0 Å². The lowest BCUT2D eigenvalue weighted by Crippen LogP contribution is -2.12. The molecule has 2 rings (SSSR count). The van der Waals surface area contributed by atoms with Crippen LogP contribution in [0.4, 0.5) is 14.5 Å². The van der Waals surface area contributed by atoms with Crippen LogP contribution in [0.2, 0.25) is 5.02 Å². The minimum absolute atomic E-state index is 0.0535. The highest BCUT2D eigenvalue weighted by Crippen LogP contribution is 2.20. The molecule has 2 aromatic rings. The summed E-state index contributed by atoms with van der Waals surface area (Å²) < 4.78 is 37.9. The summed E-state index contributed by atoms with van der Waals surface area (Å²) in [6, 6.07) is 7.35. The summed E-state index contributed by atoms with van der Waals surface area (Å²) in [4.78, 5) is 12.0. The fraction of sp³-hybridized carbons (Fsp3) is 0.0714. The molecule has 1 N–H and O–H groups in total. The van der Waals surface area contributed by atoms with E-state index in [1.807, 2.05) is 0 Å². The van der Waals surface area contributed by atoms with Gasteiger partial charge >= 0.3 is 0 Å². The van der Waals surface area contributed by atoms with Gasteiger partial charge in [0, 0.05) is 17.5 Å². The van der Waals surface area contributed by atoms with Crippen molar-refractivity contribution < 1.29 is 17.8 Å². The molecular weight excluding hydrogens is 320 g/mol. The maximum absolute atomic E-state index is 13.7. The number of hydrogen-bond acceptors (Lipinski definition) is 2. The smallest absolute Gasteiger partial charge is 0.255 e. The first-order chi connectivity index (χ1) is 9.88. The second-order valence-electron chi connectivity index (χ2n) is 4.18. The zero-order valence-corrected chi connectivity index (χ0v) is 12.4. The molecule has 110 valence electrons. The molecule has 2 aromatic carbocycles. The summed E-state index contributed by atoms with van der Waals surface area (Å²) in [5.74, 6) is -1.86. The Morgan fingerprint density at radius 3 is 2.43 bits per heavy atom. The molecule has 0 spiro atoms. The first kappa shape index (κ1) is 15.6. The van der Waals surface area contributed by atoms with Crippen molar-refractivity contribution in [3.63, 3.8) is 0 Å². The number of anilines is 1. The van der Waals surface area contributed by atoms with E-state index in [1.165, 1.54) is 30.5 Å². The Morgan fingerprint density at radius 2 is 1.86 bits per heavy atom. The van der Waals surface area contributed by atoms with E-state index in [0.717, 1.165) is 12.1 Å². The van der Waals surface area contributed by atoms with Crippen molar-refractivity contribution in [2.45, 2.75) is 4.90 Å². The molecule has 1 atom stereocenters. The topological polar surface area (TPSA) is 46.2 Å². The quantitative estimate of drug-likeness (QED) is 0.935. The molecule has 1 unspecified atom stereocenters. The Kier molecular flexibility index (Phi) is 4.69. The molecule has 0 saturated carbocycles. The number of benzene rings is 2. The number of carbonyl (C=O) groups excluding carboxylic acids is 1. The van der Waals surface area contributed by atoms with E-state index in [4.69, 9.17) is 11.6 Å². The third-order valence-corrected chi connectivity index (χ3v) is 3.92. The molecule has 0 saturated heterocycles. The molecule has 1 amide bonds. The van der Waals surface area contributed by atoms with Gasteiger partial charge in [0.15, 0.2) is 0 Å².